The van der Waals surface area contributed by atoms with Gasteiger partial charge in [-0.25, -0.2) is 8.42 Å². The lowest BCUT2D eigenvalue weighted by Gasteiger charge is -2.32. The van der Waals surface area contributed by atoms with Crippen LogP contribution in [-0.4, -0.2) is 37.8 Å². The third-order valence-electron chi connectivity index (χ3n) is 4.51. The molecule has 1 aromatic carbocycles. The van der Waals surface area contributed by atoms with Crippen LogP contribution in [0.15, 0.2) is 29.2 Å². The molecule has 1 unspecified atom stereocenters. The monoisotopic (exact) mass is 352 g/mol. The van der Waals surface area contributed by atoms with Crippen molar-refractivity contribution in [2.75, 3.05) is 13.1 Å². The van der Waals surface area contributed by atoms with Gasteiger partial charge in [0.25, 0.3) is 5.91 Å². The van der Waals surface area contributed by atoms with E-state index in [9.17, 15) is 13.2 Å². The summed E-state index contributed by atoms with van der Waals surface area (Å²) in [4.78, 5) is 12.4. The summed E-state index contributed by atoms with van der Waals surface area (Å²) in [5.74, 6) is -0.213. The van der Waals surface area contributed by atoms with Gasteiger partial charge in [-0.15, -0.1) is 0 Å². The second kappa shape index (κ2) is 8.62. The van der Waals surface area contributed by atoms with E-state index in [2.05, 4.69) is 12.2 Å². The van der Waals surface area contributed by atoms with Crippen molar-refractivity contribution in [3.8, 4) is 0 Å². The number of nitrogens with zero attached hydrogens (tertiary/aromatic N) is 1. The van der Waals surface area contributed by atoms with Gasteiger partial charge in [-0.2, -0.15) is 4.31 Å². The first-order valence-electron chi connectivity index (χ1n) is 8.87. The fourth-order valence-corrected chi connectivity index (χ4v) is 4.79. The summed E-state index contributed by atoms with van der Waals surface area (Å²) >= 11 is 0. The van der Waals surface area contributed by atoms with Crippen LogP contribution in [0.3, 0.4) is 0 Å². The molecule has 5 nitrogen and oxygen atoms in total. The van der Waals surface area contributed by atoms with Gasteiger partial charge >= 0.3 is 0 Å². The normalized spacial score (nSPS) is 19.2. The fraction of sp³-hybridized carbons (Fsp3) is 0.611. The molecule has 1 saturated heterocycles. The molecular weight excluding hydrogens is 324 g/mol. The Hall–Kier alpha value is -1.40. The van der Waals surface area contributed by atoms with Crippen molar-refractivity contribution < 1.29 is 13.2 Å². The highest BCUT2D eigenvalue weighted by atomic mass is 32.2. The lowest BCUT2D eigenvalue weighted by molar-refractivity contribution is 0.0952. The zero-order chi connectivity index (χ0) is 17.6. The number of carbonyl (C=O) groups excluding carboxylic acids is 1. The third-order valence-corrected chi connectivity index (χ3v) is 6.52. The Morgan fingerprint density at radius 2 is 2.08 bits per heavy atom. The SMILES string of the molecule is CCCCCNC(=O)c1cccc(S(=O)(=O)N2CCCCC2C)c1. The van der Waals surface area contributed by atoms with Gasteiger partial charge in [0.05, 0.1) is 4.90 Å². The average molecular weight is 353 g/mol. The minimum Gasteiger partial charge on any atom is -0.352 e. The molecule has 1 atom stereocenters. The van der Waals surface area contributed by atoms with Crippen molar-refractivity contribution >= 4 is 15.9 Å². The lowest BCUT2D eigenvalue weighted by Crippen LogP contribution is -2.42. The molecule has 24 heavy (non-hydrogen) atoms. The quantitative estimate of drug-likeness (QED) is 0.767. The second-order valence-corrected chi connectivity index (χ2v) is 8.34. The first kappa shape index (κ1) is 18.9. The van der Waals surface area contributed by atoms with Crippen LogP contribution in [0.5, 0.6) is 0 Å². The number of carbonyl (C=O) groups is 1. The molecule has 1 amide bonds. The van der Waals surface area contributed by atoms with E-state index in [0.717, 1.165) is 38.5 Å². The smallest absolute Gasteiger partial charge is 0.251 e. The zero-order valence-electron chi connectivity index (χ0n) is 14.6. The van der Waals surface area contributed by atoms with Crippen LogP contribution in [0, 0.1) is 0 Å². The van der Waals surface area contributed by atoms with E-state index in [1.807, 2.05) is 6.92 Å². The number of piperidine rings is 1. The third kappa shape index (κ3) is 4.57. The van der Waals surface area contributed by atoms with Gasteiger partial charge in [-0.3, -0.25) is 4.79 Å². The summed E-state index contributed by atoms with van der Waals surface area (Å²) < 4.78 is 27.3. The van der Waals surface area contributed by atoms with E-state index >= 15 is 0 Å². The van der Waals surface area contributed by atoms with Gasteiger partial charge in [0.2, 0.25) is 10.0 Å². The minimum atomic E-state index is -3.54. The number of unbranched alkanes of at least 4 members (excludes halogenated alkanes) is 2. The first-order chi connectivity index (χ1) is 11.5. The van der Waals surface area contributed by atoms with E-state index in [1.165, 1.54) is 6.07 Å². The summed E-state index contributed by atoms with van der Waals surface area (Å²) in [5, 5.41) is 2.85. The topological polar surface area (TPSA) is 66.5 Å². The number of rotatable bonds is 7. The molecule has 1 N–H and O–H groups in total. The molecule has 0 bridgehead atoms. The maximum Gasteiger partial charge on any atom is 0.251 e. The molecule has 0 aliphatic carbocycles. The van der Waals surface area contributed by atoms with Crippen molar-refractivity contribution in [3.05, 3.63) is 29.8 Å². The molecule has 0 spiro atoms. The van der Waals surface area contributed by atoms with Gasteiger partial charge in [0.1, 0.15) is 0 Å². The highest BCUT2D eigenvalue weighted by Crippen LogP contribution is 2.25. The van der Waals surface area contributed by atoms with Gasteiger partial charge in [-0.1, -0.05) is 32.3 Å². The summed E-state index contributed by atoms with van der Waals surface area (Å²) in [7, 11) is -3.54. The van der Waals surface area contributed by atoms with E-state index < -0.39 is 10.0 Å². The summed E-state index contributed by atoms with van der Waals surface area (Å²) in [5.41, 5.74) is 0.400. The Morgan fingerprint density at radius 3 is 2.79 bits per heavy atom. The number of hydrogen-bond donors (Lipinski definition) is 1. The number of nitrogens with one attached hydrogen (secondary N) is 1. The van der Waals surface area contributed by atoms with Crippen molar-refractivity contribution in [2.24, 2.45) is 0 Å². The summed E-state index contributed by atoms with van der Waals surface area (Å²) in [6.07, 6.45) is 5.94. The summed E-state index contributed by atoms with van der Waals surface area (Å²) in [6.45, 7) is 5.22. The molecule has 0 saturated carbocycles. The standard InChI is InChI=1S/C18H28N2O3S/c1-3-4-6-12-19-18(21)16-10-8-11-17(14-16)24(22,23)20-13-7-5-9-15(20)2/h8,10-11,14-15H,3-7,9,12-13H2,1-2H3,(H,19,21). The molecule has 1 aliphatic heterocycles. The molecule has 6 heteroatoms. The Morgan fingerprint density at radius 1 is 1.29 bits per heavy atom. The predicted molar refractivity (Wildman–Crippen MR) is 95.5 cm³/mol. The molecule has 1 heterocycles. The molecule has 2 rings (SSSR count). The molecule has 1 fully saturated rings. The first-order valence-corrected chi connectivity index (χ1v) is 10.3. The van der Waals surface area contributed by atoms with Crippen molar-refractivity contribution in [1.29, 1.82) is 0 Å². The summed E-state index contributed by atoms with van der Waals surface area (Å²) in [6, 6.07) is 6.38. The number of sulfonamides is 1. The van der Waals surface area contributed by atoms with Crippen molar-refractivity contribution in [3.63, 3.8) is 0 Å². The maximum absolute atomic E-state index is 12.9. The van der Waals surface area contributed by atoms with Crippen LogP contribution in [0.25, 0.3) is 0 Å². The second-order valence-electron chi connectivity index (χ2n) is 6.45. The Labute approximate surface area is 145 Å². The molecule has 134 valence electrons. The van der Waals surface area contributed by atoms with Crippen LogP contribution in [0.2, 0.25) is 0 Å². The van der Waals surface area contributed by atoms with Crippen molar-refractivity contribution in [1.82, 2.24) is 9.62 Å². The van der Waals surface area contributed by atoms with Gasteiger partial charge < -0.3 is 5.32 Å². The Kier molecular flexibility index (Phi) is 6.80. The van der Waals surface area contributed by atoms with E-state index in [0.29, 0.717) is 18.7 Å². The lowest BCUT2D eigenvalue weighted by atomic mass is 10.1. The molecule has 0 aromatic heterocycles. The van der Waals surface area contributed by atoms with Crippen LogP contribution >= 0.6 is 0 Å². The molecule has 0 radical (unpaired) electrons. The number of amides is 1. The molecule has 1 aromatic rings. The highest BCUT2D eigenvalue weighted by Gasteiger charge is 2.31. The number of benzene rings is 1. The largest absolute Gasteiger partial charge is 0.352 e. The van der Waals surface area contributed by atoms with Gasteiger partial charge in [-0.05, 0) is 44.4 Å². The fourth-order valence-electron chi connectivity index (χ4n) is 3.04. The van der Waals surface area contributed by atoms with E-state index in [1.54, 1.807) is 22.5 Å². The van der Waals surface area contributed by atoms with E-state index in [-0.39, 0.29) is 16.8 Å². The zero-order valence-corrected chi connectivity index (χ0v) is 15.4. The predicted octanol–water partition coefficient (Wildman–Crippen LogP) is 3.17. The Bertz CT molecular complexity index is 658. The minimum absolute atomic E-state index is 0.00952. The van der Waals surface area contributed by atoms with E-state index in [4.69, 9.17) is 0 Å². The van der Waals surface area contributed by atoms with Gasteiger partial charge in [0, 0.05) is 24.7 Å². The maximum atomic E-state index is 12.9. The van der Waals surface area contributed by atoms with Crippen LogP contribution in [-0.2, 0) is 10.0 Å². The van der Waals surface area contributed by atoms with Crippen LogP contribution in [0.1, 0.15) is 62.7 Å². The van der Waals surface area contributed by atoms with Crippen molar-refractivity contribution in [2.45, 2.75) is 63.3 Å². The molecule has 1 aliphatic rings. The van der Waals surface area contributed by atoms with Gasteiger partial charge in [0.15, 0.2) is 0 Å². The van der Waals surface area contributed by atoms with Crippen LogP contribution < -0.4 is 5.32 Å². The Balaban J connectivity index is 2.12. The number of hydrogen-bond acceptors (Lipinski definition) is 3. The highest BCUT2D eigenvalue weighted by molar-refractivity contribution is 7.89. The average Bonchev–Trinajstić information content (AvgIpc) is 2.59. The van der Waals surface area contributed by atoms with Crippen LogP contribution in [0.4, 0.5) is 0 Å². The molecular formula is C18H28N2O3S.